The van der Waals surface area contributed by atoms with Crippen LogP contribution in [0.15, 0.2) is 23.1 Å². The summed E-state index contributed by atoms with van der Waals surface area (Å²) in [4.78, 5) is 0.547. The quantitative estimate of drug-likeness (QED) is 0.815. The number of hydrogen-bond donors (Lipinski definition) is 1. The van der Waals surface area contributed by atoms with Crippen molar-refractivity contribution < 1.29 is 8.42 Å². The largest absolute Gasteiger partial charge is 0.392 e. The zero-order chi connectivity index (χ0) is 14.8. The highest BCUT2D eigenvalue weighted by molar-refractivity contribution is 7.89. The maximum atomic E-state index is 12.7. The molecule has 110 valence electrons. The molecule has 0 heterocycles. The van der Waals surface area contributed by atoms with Crippen molar-refractivity contribution in [2.45, 2.75) is 37.5 Å². The summed E-state index contributed by atoms with van der Waals surface area (Å²) in [7, 11) is -3.51. The Bertz CT molecular complexity index is 612. The molecule has 20 heavy (non-hydrogen) atoms. The molecule has 0 bridgehead atoms. The lowest BCUT2D eigenvalue weighted by Crippen LogP contribution is -2.38. The van der Waals surface area contributed by atoms with Gasteiger partial charge in [0.05, 0.1) is 16.4 Å². The van der Waals surface area contributed by atoms with Gasteiger partial charge in [0.25, 0.3) is 0 Å². The van der Waals surface area contributed by atoms with E-state index in [0.717, 1.165) is 31.2 Å². The van der Waals surface area contributed by atoms with Crippen LogP contribution in [0.3, 0.4) is 0 Å². The number of thiocarbonyl (C=S) groups is 1. The molecule has 0 aromatic heterocycles. The maximum absolute atomic E-state index is 12.7. The number of fused-ring (bicyclic) bond motifs is 1. The summed E-state index contributed by atoms with van der Waals surface area (Å²) in [5.74, 6) is 0. The smallest absolute Gasteiger partial charge is 0.243 e. The van der Waals surface area contributed by atoms with E-state index in [0.29, 0.717) is 11.4 Å². The lowest BCUT2D eigenvalue weighted by Gasteiger charge is -2.21. The first-order valence-corrected chi connectivity index (χ1v) is 8.70. The highest BCUT2D eigenvalue weighted by atomic mass is 32.2. The van der Waals surface area contributed by atoms with Crippen LogP contribution in [0.4, 0.5) is 0 Å². The highest BCUT2D eigenvalue weighted by Gasteiger charge is 2.25. The molecule has 1 aromatic carbocycles. The number of rotatable bonds is 6. The third-order valence-corrected chi connectivity index (χ3v) is 5.48. The zero-order valence-electron chi connectivity index (χ0n) is 11.6. The van der Waals surface area contributed by atoms with E-state index >= 15 is 0 Å². The van der Waals surface area contributed by atoms with Gasteiger partial charge in [-0.3, -0.25) is 0 Å². The van der Waals surface area contributed by atoms with Crippen LogP contribution in [0.25, 0.3) is 0 Å². The fourth-order valence-electron chi connectivity index (χ4n) is 2.57. The lowest BCUT2D eigenvalue weighted by molar-refractivity contribution is 0.449. The molecule has 0 unspecified atom stereocenters. The Morgan fingerprint density at radius 1 is 1.35 bits per heavy atom. The Labute approximate surface area is 126 Å². The van der Waals surface area contributed by atoms with E-state index in [4.69, 9.17) is 18.0 Å². The van der Waals surface area contributed by atoms with Crippen LogP contribution in [0.1, 0.15) is 30.9 Å². The normalized spacial score (nSPS) is 14.5. The third-order valence-electron chi connectivity index (χ3n) is 3.51. The summed E-state index contributed by atoms with van der Waals surface area (Å²) >= 11 is 4.86. The van der Waals surface area contributed by atoms with E-state index in [2.05, 4.69) is 0 Å². The van der Waals surface area contributed by atoms with Crippen LogP contribution in [-0.2, 0) is 22.9 Å². The fraction of sp³-hybridized carbons (Fsp3) is 0.500. The van der Waals surface area contributed by atoms with Crippen molar-refractivity contribution >= 4 is 27.2 Å². The molecule has 0 saturated heterocycles. The first kappa shape index (κ1) is 15.4. The van der Waals surface area contributed by atoms with Gasteiger partial charge >= 0.3 is 0 Å². The van der Waals surface area contributed by atoms with E-state index in [1.165, 1.54) is 9.87 Å². The van der Waals surface area contributed by atoms with Crippen LogP contribution < -0.4 is 5.73 Å². The van der Waals surface area contributed by atoms with Crippen molar-refractivity contribution in [1.29, 1.82) is 0 Å². The molecule has 0 fully saturated rings. The second-order valence-corrected chi connectivity index (χ2v) is 7.55. The number of nitrogens with zero attached hydrogens (tertiary/aromatic N) is 1. The van der Waals surface area contributed by atoms with E-state index in [9.17, 15) is 8.42 Å². The average molecular weight is 312 g/mol. The molecule has 4 nitrogen and oxygen atoms in total. The molecular weight excluding hydrogens is 292 g/mol. The summed E-state index contributed by atoms with van der Waals surface area (Å²) in [6.45, 7) is 2.46. The van der Waals surface area contributed by atoms with Crippen LogP contribution in [0, 0.1) is 0 Å². The van der Waals surface area contributed by atoms with Crippen molar-refractivity contribution in [3.05, 3.63) is 29.3 Å². The summed E-state index contributed by atoms with van der Waals surface area (Å²) < 4.78 is 26.7. The number of benzene rings is 1. The molecule has 0 radical (unpaired) electrons. The van der Waals surface area contributed by atoms with Crippen LogP contribution >= 0.6 is 12.2 Å². The molecule has 0 saturated carbocycles. The van der Waals surface area contributed by atoms with Gasteiger partial charge in [0, 0.05) is 6.54 Å². The number of sulfonamides is 1. The fourth-order valence-corrected chi connectivity index (χ4v) is 4.36. The monoisotopic (exact) mass is 312 g/mol. The van der Waals surface area contributed by atoms with Crippen LogP contribution in [0.2, 0.25) is 0 Å². The molecule has 1 aliphatic rings. The predicted molar refractivity (Wildman–Crippen MR) is 84.3 cm³/mol. The standard InChI is InChI=1S/C14H20N2O2S2/c1-2-8-16(10-14(15)19)20(17,18)13-7-6-11-4-3-5-12(11)9-13/h6-7,9H,2-5,8,10H2,1H3,(H2,15,19). The second kappa shape index (κ2) is 6.20. The van der Waals surface area contributed by atoms with Crippen molar-refractivity contribution in [1.82, 2.24) is 4.31 Å². The molecule has 0 amide bonds. The van der Waals surface area contributed by atoms with Crippen LogP contribution in [0.5, 0.6) is 0 Å². The summed E-state index contributed by atoms with van der Waals surface area (Å²) in [6, 6.07) is 5.43. The molecule has 6 heteroatoms. The summed E-state index contributed by atoms with van der Waals surface area (Å²) in [6.07, 6.45) is 3.83. The average Bonchev–Trinajstić information content (AvgIpc) is 2.84. The maximum Gasteiger partial charge on any atom is 0.243 e. The van der Waals surface area contributed by atoms with Crippen molar-refractivity contribution in [3.63, 3.8) is 0 Å². The Balaban J connectivity index is 2.34. The Hall–Kier alpha value is -0.980. The van der Waals surface area contributed by atoms with Gasteiger partial charge in [-0.2, -0.15) is 4.31 Å². The Morgan fingerprint density at radius 3 is 2.70 bits per heavy atom. The van der Waals surface area contributed by atoms with Crippen molar-refractivity contribution in [2.24, 2.45) is 5.73 Å². The molecule has 0 spiro atoms. The Morgan fingerprint density at radius 2 is 2.05 bits per heavy atom. The molecule has 1 aromatic rings. The predicted octanol–water partition coefficient (Wildman–Crippen LogP) is 1.86. The van der Waals surface area contributed by atoms with Gasteiger partial charge in [0.2, 0.25) is 10.0 Å². The topological polar surface area (TPSA) is 63.4 Å². The molecule has 0 aliphatic heterocycles. The first-order chi connectivity index (χ1) is 9.45. The highest BCUT2D eigenvalue weighted by Crippen LogP contribution is 2.26. The minimum Gasteiger partial charge on any atom is -0.392 e. The van der Waals surface area contributed by atoms with E-state index in [1.807, 2.05) is 13.0 Å². The first-order valence-electron chi connectivity index (χ1n) is 6.85. The Kier molecular flexibility index (Phi) is 4.78. The van der Waals surface area contributed by atoms with Gasteiger partial charge in [0.15, 0.2) is 0 Å². The molecule has 0 atom stereocenters. The minimum atomic E-state index is -3.51. The summed E-state index contributed by atoms with van der Waals surface area (Å²) in [5.41, 5.74) is 7.93. The van der Waals surface area contributed by atoms with Gasteiger partial charge in [-0.15, -0.1) is 0 Å². The van der Waals surface area contributed by atoms with Gasteiger partial charge < -0.3 is 5.73 Å². The van der Waals surface area contributed by atoms with E-state index in [-0.39, 0.29) is 11.5 Å². The molecular formula is C14H20N2O2S2. The number of aryl methyl sites for hydroxylation is 2. The van der Waals surface area contributed by atoms with Crippen LogP contribution in [-0.4, -0.2) is 30.8 Å². The number of hydrogen-bond acceptors (Lipinski definition) is 3. The van der Waals surface area contributed by atoms with Gasteiger partial charge in [-0.05, 0) is 48.9 Å². The molecule has 1 aliphatic carbocycles. The van der Waals surface area contributed by atoms with Gasteiger partial charge in [0.1, 0.15) is 0 Å². The van der Waals surface area contributed by atoms with Crippen molar-refractivity contribution in [3.8, 4) is 0 Å². The van der Waals surface area contributed by atoms with Crippen molar-refractivity contribution in [2.75, 3.05) is 13.1 Å². The summed E-state index contributed by atoms with van der Waals surface area (Å²) in [5, 5.41) is 0. The third kappa shape index (κ3) is 3.19. The van der Waals surface area contributed by atoms with E-state index in [1.54, 1.807) is 12.1 Å². The zero-order valence-corrected chi connectivity index (χ0v) is 13.3. The molecule has 2 N–H and O–H groups in total. The number of nitrogens with two attached hydrogens (primary N) is 1. The van der Waals surface area contributed by atoms with Gasteiger partial charge in [-0.25, -0.2) is 8.42 Å². The minimum absolute atomic E-state index is 0.0998. The lowest BCUT2D eigenvalue weighted by atomic mass is 10.1. The molecule has 2 rings (SSSR count). The SMILES string of the molecule is CCCN(CC(N)=S)S(=O)(=O)c1ccc2c(c1)CCC2. The van der Waals surface area contributed by atoms with E-state index < -0.39 is 10.0 Å². The second-order valence-electron chi connectivity index (χ2n) is 5.09. The van der Waals surface area contributed by atoms with Gasteiger partial charge in [-0.1, -0.05) is 25.2 Å².